The Labute approximate surface area is 177 Å². The minimum absolute atomic E-state index is 0.162. The fourth-order valence-electron chi connectivity index (χ4n) is 2.29. The summed E-state index contributed by atoms with van der Waals surface area (Å²) in [6.45, 7) is 5.44. The lowest BCUT2D eigenvalue weighted by Gasteiger charge is -2.08. The van der Waals surface area contributed by atoms with Crippen LogP contribution in [0.4, 0.5) is 9.80 Å². The van der Waals surface area contributed by atoms with Crippen LogP contribution in [0.1, 0.15) is 34.1 Å². The molecule has 150 valence electrons. The molecule has 0 aliphatic rings. The van der Waals surface area contributed by atoms with E-state index in [1.807, 2.05) is 19.1 Å². The van der Waals surface area contributed by atoms with Gasteiger partial charge < -0.3 is 10.1 Å². The van der Waals surface area contributed by atoms with Gasteiger partial charge in [-0.1, -0.05) is 11.6 Å². The van der Waals surface area contributed by atoms with Crippen molar-refractivity contribution in [1.29, 1.82) is 0 Å². The number of alkyl carbamates (subject to hydrolysis) is 1. The van der Waals surface area contributed by atoms with Gasteiger partial charge in [-0.2, -0.15) is 0 Å². The maximum Gasteiger partial charge on any atom is 0.414 e. The molecule has 0 bridgehead atoms. The Bertz CT molecular complexity index is 866. The number of thiophene rings is 1. The van der Waals surface area contributed by atoms with Gasteiger partial charge in [-0.25, -0.2) is 4.79 Å². The standard InChI is InChI=1S/C19H21ClN2O4S2/c1-4-26-19(25)22-17(24)16-11(2)12(3)28-18(16)21-15(23)9-10-27-14-7-5-13(20)6-8-14/h5-8H,4,9-10H2,1-3H3,(H,21,23)(H,22,24,25). The first kappa shape index (κ1) is 22.3. The Kier molecular flexibility index (Phi) is 8.35. The molecule has 6 nitrogen and oxygen atoms in total. The summed E-state index contributed by atoms with van der Waals surface area (Å²) in [5.41, 5.74) is 1.01. The first-order valence-electron chi connectivity index (χ1n) is 8.58. The van der Waals surface area contributed by atoms with Crippen molar-refractivity contribution < 1.29 is 19.1 Å². The third kappa shape index (κ3) is 6.25. The number of imide groups is 1. The minimum Gasteiger partial charge on any atom is -0.450 e. The lowest BCUT2D eigenvalue weighted by molar-refractivity contribution is -0.115. The highest BCUT2D eigenvalue weighted by Gasteiger charge is 2.22. The number of rotatable bonds is 7. The highest BCUT2D eigenvalue weighted by molar-refractivity contribution is 7.99. The van der Waals surface area contributed by atoms with Crippen molar-refractivity contribution in [3.8, 4) is 0 Å². The van der Waals surface area contributed by atoms with Gasteiger partial charge >= 0.3 is 6.09 Å². The number of benzene rings is 1. The van der Waals surface area contributed by atoms with Crippen molar-refractivity contribution >= 4 is 57.6 Å². The smallest absolute Gasteiger partial charge is 0.414 e. The van der Waals surface area contributed by atoms with Gasteiger partial charge in [0.15, 0.2) is 0 Å². The average molecular weight is 441 g/mol. The Hall–Kier alpha value is -2.03. The van der Waals surface area contributed by atoms with Gasteiger partial charge in [-0.3, -0.25) is 14.9 Å². The molecule has 0 radical (unpaired) electrons. The zero-order chi connectivity index (χ0) is 20.7. The van der Waals surface area contributed by atoms with E-state index in [0.717, 1.165) is 15.3 Å². The molecule has 0 spiro atoms. The first-order valence-corrected chi connectivity index (χ1v) is 10.8. The molecule has 0 atom stereocenters. The van der Waals surface area contributed by atoms with Crippen LogP contribution in [0.3, 0.4) is 0 Å². The van der Waals surface area contributed by atoms with E-state index in [1.165, 1.54) is 11.3 Å². The Morgan fingerprint density at radius 1 is 1.18 bits per heavy atom. The molecule has 2 rings (SSSR count). The summed E-state index contributed by atoms with van der Waals surface area (Å²) in [6.07, 6.45) is -0.533. The van der Waals surface area contributed by atoms with E-state index in [9.17, 15) is 14.4 Å². The SMILES string of the molecule is CCOC(=O)NC(=O)c1c(NC(=O)CCSc2ccc(Cl)cc2)sc(C)c1C. The molecule has 0 aliphatic heterocycles. The fraction of sp³-hybridized carbons (Fsp3) is 0.316. The van der Waals surface area contributed by atoms with Gasteiger partial charge in [0.1, 0.15) is 5.00 Å². The lowest BCUT2D eigenvalue weighted by atomic mass is 10.1. The van der Waals surface area contributed by atoms with E-state index in [2.05, 4.69) is 10.6 Å². The summed E-state index contributed by atoms with van der Waals surface area (Å²) in [4.78, 5) is 38.2. The summed E-state index contributed by atoms with van der Waals surface area (Å²) in [6, 6.07) is 7.40. The molecule has 1 aromatic carbocycles. The van der Waals surface area contributed by atoms with Crippen LogP contribution in [0.25, 0.3) is 0 Å². The second-order valence-corrected chi connectivity index (χ2v) is 8.59. The van der Waals surface area contributed by atoms with Crippen LogP contribution in [0.2, 0.25) is 5.02 Å². The van der Waals surface area contributed by atoms with Crippen molar-refractivity contribution in [3.63, 3.8) is 0 Å². The van der Waals surface area contributed by atoms with Gasteiger partial charge in [-0.05, 0) is 50.6 Å². The molecule has 1 aromatic heterocycles. The van der Waals surface area contributed by atoms with E-state index < -0.39 is 12.0 Å². The normalized spacial score (nSPS) is 10.4. The van der Waals surface area contributed by atoms with Crippen LogP contribution in [0.5, 0.6) is 0 Å². The van der Waals surface area contributed by atoms with Crippen LogP contribution in [-0.4, -0.2) is 30.3 Å². The number of anilines is 1. The van der Waals surface area contributed by atoms with E-state index in [-0.39, 0.29) is 24.5 Å². The molecule has 0 unspecified atom stereocenters. The number of thioether (sulfide) groups is 1. The van der Waals surface area contributed by atoms with Gasteiger partial charge in [0, 0.05) is 27.0 Å². The average Bonchev–Trinajstić information content (AvgIpc) is 2.90. The Morgan fingerprint density at radius 2 is 1.86 bits per heavy atom. The van der Waals surface area contributed by atoms with E-state index in [1.54, 1.807) is 37.7 Å². The monoisotopic (exact) mass is 440 g/mol. The molecule has 28 heavy (non-hydrogen) atoms. The van der Waals surface area contributed by atoms with E-state index in [4.69, 9.17) is 16.3 Å². The fourth-order valence-corrected chi connectivity index (χ4v) is 4.34. The predicted octanol–water partition coefficient (Wildman–Crippen LogP) is 5.03. The second-order valence-electron chi connectivity index (χ2n) is 5.76. The summed E-state index contributed by atoms with van der Waals surface area (Å²) in [7, 11) is 0. The molecular formula is C19H21ClN2O4S2. The molecule has 1 heterocycles. The summed E-state index contributed by atoms with van der Waals surface area (Å²) >= 11 is 8.70. The highest BCUT2D eigenvalue weighted by atomic mass is 35.5. The van der Waals surface area contributed by atoms with Gasteiger partial charge in [-0.15, -0.1) is 23.1 Å². The molecule has 0 saturated heterocycles. The number of nitrogens with one attached hydrogen (secondary N) is 2. The molecular weight excluding hydrogens is 420 g/mol. The van der Waals surface area contributed by atoms with Crippen molar-refractivity contribution in [2.75, 3.05) is 17.7 Å². The summed E-state index contributed by atoms with van der Waals surface area (Å²) in [5.74, 6) is -0.208. The van der Waals surface area contributed by atoms with Crippen molar-refractivity contribution in [2.45, 2.75) is 32.1 Å². The molecule has 0 aliphatic carbocycles. The van der Waals surface area contributed by atoms with E-state index in [0.29, 0.717) is 15.8 Å². The van der Waals surface area contributed by atoms with Gasteiger partial charge in [0.2, 0.25) is 5.91 Å². The number of amides is 3. The summed E-state index contributed by atoms with van der Waals surface area (Å²) in [5, 5.41) is 6.06. The van der Waals surface area contributed by atoms with Crippen molar-refractivity contribution in [2.24, 2.45) is 0 Å². The third-order valence-electron chi connectivity index (χ3n) is 3.77. The maximum atomic E-state index is 12.4. The number of aryl methyl sites for hydroxylation is 1. The topological polar surface area (TPSA) is 84.5 Å². The molecule has 0 saturated carbocycles. The van der Waals surface area contributed by atoms with Crippen molar-refractivity contribution in [1.82, 2.24) is 5.32 Å². The van der Waals surface area contributed by atoms with Crippen LogP contribution >= 0.6 is 34.7 Å². The van der Waals surface area contributed by atoms with Crippen LogP contribution in [0.15, 0.2) is 29.2 Å². The molecule has 9 heteroatoms. The molecule has 2 N–H and O–H groups in total. The molecule has 0 fully saturated rings. The molecule has 3 amide bonds. The number of carbonyl (C=O) groups excluding carboxylic acids is 3. The third-order valence-corrected chi connectivity index (χ3v) is 6.16. The van der Waals surface area contributed by atoms with Gasteiger partial charge in [0.25, 0.3) is 5.91 Å². The number of halogens is 1. The maximum absolute atomic E-state index is 12.4. The number of hydrogen-bond acceptors (Lipinski definition) is 6. The zero-order valence-corrected chi connectivity index (χ0v) is 18.1. The highest BCUT2D eigenvalue weighted by Crippen LogP contribution is 2.32. The van der Waals surface area contributed by atoms with E-state index >= 15 is 0 Å². The number of carbonyl (C=O) groups is 3. The summed E-state index contributed by atoms with van der Waals surface area (Å²) < 4.78 is 4.74. The minimum atomic E-state index is -0.813. The zero-order valence-electron chi connectivity index (χ0n) is 15.8. The molecule has 2 aromatic rings. The Morgan fingerprint density at radius 3 is 2.50 bits per heavy atom. The number of ether oxygens (including phenoxy) is 1. The second kappa shape index (κ2) is 10.5. The first-order chi connectivity index (χ1) is 13.3. The van der Waals surface area contributed by atoms with Crippen LogP contribution in [0, 0.1) is 13.8 Å². The predicted molar refractivity (Wildman–Crippen MR) is 114 cm³/mol. The largest absolute Gasteiger partial charge is 0.450 e. The lowest BCUT2D eigenvalue weighted by Crippen LogP contribution is -2.32. The van der Waals surface area contributed by atoms with Crippen molar-refractivity contribution in [3.05, 3.63) is 45.3 Å². The quantitative estimate of drug-likeness (QED) is 0.590. The Balaban J connectivity index is 1.97. The van der Waals surface area contributed by atoms with Gasteiger partial charge in [0.05, 0.1) is 12.2 Å². The number of hydrogen-bond donors (Lipinski definition) is 2. The van der Waals surface area contributed by atoms with Crippen LogP contribution < -0.4 is 10.6 Å². The van der Waals surface area contributed by atoms with Crippen LogP contribution in [-0.2, 0) is 9.53 Å².